The Balaban J connectivity index is 1.86. The second kappa shape index (κ2) is 8.51. The van der Waals surface area contributed by atoms with Gasteiger partial charge in [0.25, 0.3) is 5.56 Å². The van der Waals surface area contributed by atoms with Crippen LogP contribution in [0, 0.1) is 6.92 Å². The molecule has 0 bridgehead atoms. The van der Waals surface area contributed by atoms with Crippen LogP contribution in [0.5, 0.6) is 5.75 Å². The number of aromatic nitrogens is 2. The molecule has 0 radical (unpaired) electrons. The third-order valence-electron chi connectivity index (χ3n) is 3.25. The highest BCUT2D eigenvalue weighted by Gasteiger charge is 2.08. The molecule has 7 nitrogen and oxygen atoms in total. The van der Waals surface area contributed by atoms with Crippen molar-refractivity contribution in [1.29, 1.82) is 0 Å². The van der Waals surface area contributed by atoms with E-state index in [1.54, 1.807) is 19.1 Å². The van der Waals surface area contributed by atoms with Gasteiger partial charge in [0.05, 0.1) is 12.2 Å². The van der Waals surface area contributed by atoms with Gasteiger partial charge in [-0.1, -0.05) is 11.8 Å². The quantitative estimate of drug-likeness (QED) is 0.375. The fraction of sp³-hybridized carbons (Fsp3) is 0.312. The molecule has 0 saturated carbocycles. The zero-order valence-electron chi connectivity index (χ0n) is 13.1. The number of aliphatic hydroxyl groups is 1. The maximum absolute atomic E-state index is 11.9. The molecule has 3 N–H and O–H groups in total. The smallest absolute Gasteiger partial charge is 0.335 e. The molecule has 0 unspecified atom stereocenters. The molecular formula is C16H18N2O5S. The van der Waals surface area contributed by atoms with Crippen LogP contribution in [-0.4, -0.2) is 45.1 Å². The Hall–Kier alpha value is -2.32. The first-order valence-corrected chi connectivity index (χ1v) is 8.29. The second-order valence-electron chi connectivity index (χ2n) is 4.94. The molecule has 1 heterocycles. The lowest BCUT2D eigenvalue weighted by Gasteiger charge is -2.07. The van der Waals surface area contributed by atoms with Gasteiger partial charge in [-0.2, -0.15) is 0 Å². The maximum Gasteiger partial charge on any atom is 0.335 e. The van der Waals surface area contributed by atoms with E-state index in [-0.39, 0.29) is 24.2 Å². The zero-order valence-corrected chi connectivity index (χ0v) is 13.9. The summed E-state index contributed by atoms with van der Waals surface area (Å²) in [5.74, 6) is 0.172. The van der Waals surface area contributed by atoms with Gasteiger partial charge in [-0.3, -0.25) is 4.79 Å². The molecule has 8 heteroatoms. The molecule has 2 rings (SSSR count). The molecule has 0 atom stereocenters. The van der Waals surface area contributed by atoms with Crippen LogP contribution in [0.3, 0.4) is 0 Å². The standard InChI is InChI=1S/C16H18N2O5S/c1-10-13(6-7-19)14(20)18-16(17-10)24-9-8-23-12-4-2-11(3-5-12)15(21)22/h2-5,19H,6-9H2,1H3,(H,21,22)(H,17,18,20). The minimum atomic E-state index is -0.979. The number of carbonyl (C=O) groups is 1. The van der Waals surface area contributed by atoms with Crippen molar-refractivity contribution >= 4 is 17.7 Å². The maximum atomic E-state index is 11.9. The Kier molecular flexibility index (Phi) is 6.39. The second-order valence-corrected chi connectivity index (χ2v) is 6.02. The molecule has 0 spiro atoms. The van der Waals surface area contributed by atoms with E-state index in [0.29, 0.717) is 34.5 Å². The number of nitrogens with zero attached hydrogens (tertiary/aromatic N) is 1. The van der Waals surface area contributed by atoms with Crippen molar-refractivity contribution in [2.45, 2.75) is 18.5 Å². The fourth-order valence-electron chi connectivity index (χ4n) is 2.05. The van der Waals surface area contributed by atoms with E-state index in [1.807, 2.05) is 0 Å². The average Bonchev–Trinajstić information content (AvgIpc) is 2.55. The number of carboxylic acid groups (broad SMARTS) is 1. The molecule has 0 fully saturated rings. The number of aryl methyl sites for hydroxylation is 1. The normalized spacial score (nSPS) is 10.6. The number of hydrogen-bond acceptors (Lipinski definition) is 6. The molecule has 0 aliphatic rings. The minimum absolute atomic E-state index is 0.0907. The van der Waals surface area contributed by atoms with E-state index >= 15 is 0 Å². The highest BCUT2D eigenvalue weighted by Crippen LogP contribution is 2.15. The van der Waals surface area contributed by atoms with Crippen LogP contribution in [-0.2, 0) is 6.42 Å². The Bertz CT molecular complexity index is 758. The van der Waals surface area contributed by atoms with Crippen LogP contribution in [0.2, 0.25) is 0 Å². The predicted molar refractivity (Wildman–Crippen MR) is 90.0 cm³/mol. The third-order valence-corrected chi connectivity index (χ3v) is 4.09. The van der Waals surface area contributed by atoms with E-state index in [1.165, 1.54) is 23.9 Å². The van der Waals surface area contributed by atoms with Gasteiger partial charge in [0, 0.05) is 30.0 Å². The van der Waals surface area contributed by atoms with E-state index < -0.39 is 5.97 Å². The van der Waals surface area contributed by atoms with Crippen LogP contribution in [0.25, 0.3) is 0 Å². The molecule has 128 valence electrons. The number of H-pyrrole nitrogens is 1. The van der Waals surface area contributed by atoms with Crippen molar-refractivity contribution in [2.75, 3.05) is 19.0 Å². The van der Waals surface area contributed by atoms with Crippen molar-refractivity contribution in [3.05, 3.63) is 51.4 Å². The third kappa shape index (κ3) is 4.84. The molecule has 2 aromatic rings. The summed E-state index contributed by atoms with van der Waals surface area (Å²) < 4.78 is 5.52. The summed E-state index contributed by atoms with van der Waals surface area (Å²) in [5.41, 5.74) is 1.08. The first-order valence-electron chi connectivity index (χ1n) is 7.31. The number of nitrogens with one attached hydrogen (secondary N) is 1. The van der Waals surface area contributed by atoms with Crippen molar-refractivity contribution < 1.29 is 19.7 Å². The number of ether oxygens (including phenoxy) is 1. The molecule has 0 saturated heterocycles. The summed E-state index contributed by atoms with van der Waals surface area (Å²) in [6, 6.07) is 6.16. The number of rotatable bonds is 8. The van der Waals surface area contributed by atoms with Gasteiger partial charge in [0.1, 0.15) is 5.75 Å². The van der Waals surface area contributed by atoms with Gasteiger partial charge in [-0.05, 0) is 31.2 Å². The van der Waals surface area contributed by atoms with Crippen LogP contribution in [0.15, 0.2) is 34.2 Å². The van der Waals surface area contributed by atoms with Crippen molar-refractivity contribution in [2.24, 2.45) is 0 Å². The Morgan fingerprint density at radius 3 is 2.62 bits per heavy atom. The molecule has 0 amide bonds. The zero-order chi connectivity index (χ0) is 17.5. The van der Waals surface area contributed by atoms with Gasteiger partial charge in [-0.15, -0.1) is 0 Å². The topological polar surface area (TPSA) is 113 Å². The molecule has 24 heavy (non-hydrogen) atoms. The summed E-state index contributed by atoms with van der Waals surface area (Å²) in [7, 11) is 0. The van der Waals surface area contributed by atoms with Crippen LogP contribution in [0.1, 0.15) is 21.6 Å². The van der Waals surface area contributed by atoms with E-state index in [0.717, 1.165) is 0 Å². The van der Waals surface area contributed by atoms with Crippen LogP contribution in [0.4, 0.5) is 0 Å². The Morgan fingerprint density at radius 1 is 1.33 bits per heavy atom. The van der Waals surface area contributed by atoms with E-state index in [4.69, 9.17) is 14.9 Å². The lowest BCUT2D eigenvalue weighted by Crippen LogP contribution is -2.18. The largest absolute Gasteiger partial charge is 0.493 e. The molecule has 0 aliphatic carbocycles. The molecule has 1 aromatic carbocycles. The average molecular weight is 350 g/mol. The lowest BCUT2D eigenvalue weighted by molar-refractivity contribution is 0.0697. The lowest BCUT2D eigenvalue weighted by atomic mass is 10.2. The first kappa shape index (κ1) is 18.0. The SMILES string of the molecule is Cc1nc(SCCOc2ccc(C(=O)O)cc2)[nH]c(=O)c1CCO. The molecule has 1 aromatic heterocycles. The van der Waals surface area contributed by atoms with E-state index in [2.05, 4.69) is 9.97 Å². The van der Waals surface area contributed by atoms with Crippen molar-refractivity contribution in [1.82, 2.24) is 9.97 Å². The number of thioether (sulfide) groups is 1. The number of hydrogen-bond donors (Lipinski definition) is 3. The van der Waals surface area contributed by atoms with Gasteiger partial charge in [0.15, 0.2) is 5.16 Å². The Morgan fingerprint density at radius 2 is 2.04 bits per heavy atom. The van der Waals surface area contributed by atoms with Crippen molar-refractivity contribution in [3.63, 3.8) is 0 Å². The molecule has 0 aliphatic heterocycles. The number of aromatic amines is 1. The number of aliphatic hydroxyl groups excluding tert-OH is 1. The highest BCUT2D eigenvalue weighted by molar-refractivity contribution is 7.99. The fourth-order valence-corrected chi connectivity index (χ4v) is 2.78. The molecular weight excluding hydrogens is 332 g/mol. The summed E-state index contributed by atoms with van der Waals surface area (Å²) in [4.78, 5) is 29.6. The summed E-state index contributed by atoms with van der Waals surface area (Å²) in [6.45, 7) is 2.04. The van der Waals surface area contributed by atoms with Gasteiger partial charge < -0.3 is 19.9 Å². The van der Waals surface area contributed by atoms with E-state index in [9.17, 15) is 9.59 Å². The first-order chi connectivity index (χ1) is 11.5. The monoisotopic (exact) mass is 350 g/mol. The number of carboxylic acids is 1. The van der Waals surface area contributed by atoms with Crippen LogP contribution >= 0.6 is 11.8 Å². The number of benzene rings is 1. The summed E-state index contributed by atoms with van der Waals surface area (Å²) in [6.07, 6.45) is 0.286. The summed E-state index contributed by atoms with van der Waals surface area (Å²) in [5, 5.41) is 18.3. The highest BCUT2D eigenvalue weighted by atomic mass is 32.2. The van der Waals surface area contributed by atoms with Gasteiger partial charge in [-0.25, -0.2) is 9.78 Å². The Labute approximate surface area is 142 Å². The predicted octanol–water partition coefficient (Wildman–Crippen LogP) is 1.48. The van der Waals surface area contributed by atoms with Crippen LogP contribution < -0.4 is 10.3 Å². The van der Waals surface area contributed by atoms with Crippen molar-refractivity contribution in [3.8, 4) is 5.75 Å². The van der Waals surface area contributed by atoms with Gasteiger partial charge >= 0.3 is 5.97 Å². The van der Waals surface area contributed by atoms with Gasteiger partial charge in [0.2, 0.25) is 0 Å². The summed E-state index contributed by atoms with van der Waals surface area (Å²) >= 11 is 1.35. The number of aromatic carboxylic acids is 1. The minimum Gasteiger partial charge on any atom is -0.493 e.